The van der Waals surface area contributed by atoms with E-state index in [1.165, 1.54) is 6.07 Å². The lowest BCUT2D eigenvalue weighted by Gasteiger charge is -2.33. The monoisotopic (exact) mass is 408 g/mol. The first kappa shape index (κ1) is 20.1. The lowest BCUT2D eigenvalue weighted by Crippen LogP contribution is -2.47. The average Bonchev–Trinajstić information content (AvgIpc) is 2.75. The predicted molar refractivity (Wildman–Crippen MR) is 115 cm³/mol. The molecule has 30 heavy (non-hydrogen) atoms. The number of halogens is 1. The molecule has 156 valence electrons. The van der Waals surface area contributed by atoms with Crippen molar-refractivity contribution in [3.05, 3.63) is 65.6 Å². The topological polar surface area (TPSA) is 71.2 Å². The third-order valence-corrected chi connectivity index (χ3v) is 5.56. The summed E-state index contributed by atoms with van der Waals surface area (Å²) >= 11 is 0. The van der Waals surface area contributed by atoms with Crippen LogP contribution < -0.4 is 5.73 Å². The van der Waals surface area contributed by atoms with Crippen molar-refractivity contribution in [1.82, 2.24) is 9.80 Å². The standard InChI is InChI=1S/C23H25FN4O2/c1-15-14-30-10-9-28(15)22(29)20-6-4-3-5-18(20)16-7-8-19(21(24)11-16)17-12-26-23(25)27(2)13-17/h3-8,11-12,15H,9-10,13-14H2,1-2H3,(H2,25,26)/t15-/m1/s1. The molecule has 2 aromatic carbocycles. The van der Waals surface area contributed by atoms with Gasteiger partial charge in [-0.25, -0.2) is 9.38 Å². The Kier molecular flexibility index (Phi) is 5.55. The van der Waals surface area contributed by atoms with Crippen LogP contribution in [0.15, 0.2) is 53.7 Å². The van der Waals surface area contributed by atoms with Gasteiger partial charge < -0.3 is 20.3 Å². The van der Waals surface area contributed by atoms with Crippen LogP contribution in [0.2, 0.25) is 0 Å². The number of carbonyl (C=O) groups is 1. The van der Waals surface area contributed by atoms with Crippen molar-refractivity contribution in [2.75, 3.05) is 33.4 Å². The Hall–Kier alpha value is -3.19. The minimum Gasteiger partial charge on any atom is -0.377 e. The Labute approximate surface area is 175 Å². The highest BCUT2D eigenvalue weighted by atomic mass is 19.1. The zero-order chi connectivity index (χ0) is 21.3. The van der Waals surface area contributed by atoms with E-state index in [-0.39, 0.29) is 17.8 Å². The van der Waals surface area contributed by atoms with Crippen LogP contribution in [0.25, 0.3) is 16.7 Å². The van der Waals surface area contributed by atoms with E-state index in [2.05, 4.69) is 4.99 Å². The maximum Gasteiger partial charge on any atom is 0.254 e. The number of carbonyl (C=O) groups excluding carboxylic acids is 1. The molecule has 2 aliphatic heterocycles. The van der Waals surface area contributed by atoms with Crippen LogP contribution in [0.3, 0.4) is 0 Å². The number of nitrogens with two attached hydrogens (primary N) is 1. The molecule has 1 saturated heterocycles. The summed E-state index contributed by atoms with van der Waals surface area (Å²) < 4.78 is 20.5. The van der Waals surface area contributed by atoms with E-state index in [9.17, 15) is 4.79 Å². The van der Waals surface area contributed by atoms with Gasteiger partial charge in [0.05, 0.1) is 19.3 Å². The number of aliphatic imine (C=N–C) groups is 1. The van der Waals surface area contributed by atoms with Crippen molar-refractivity contribution in [1.29, 1.82) is 0 Å². The Morgan fingerprint density at radius 2 is 2.03 bits per heavy atom. The van der Waals surface area contributed by atoms with E-state index < -0.39 is 0 Å². The van der Waals surface area contributed by atoms with E-state index in [0.29, 0.717) is 54.5 Å². The lowest BCUT2D eigenvalue weighted by molar-refractivity contribution is 0.00364. The number of amides is 1. The molecule has 0 spiro atoms. The summed E-state index contributed by atoms with van der Waals surface area (Å²) in [4.78, 5) is 20.9. The zero-order valence-corrected chi connectivity index (χ0v) is 17.1. The van der Waals surface area contributed by atoms with Gasteiger partial charge >= 0.3 is 0 Å². The molecule has 2 heterocycles. The molecule has 2 aliphatic rings. The molecule has 0 radical (unpaired) electrons. The number of guanidine groups is 1. The Morgan fingerprint density at radius 1 is 1.23 bits per heavy atom. The average molecular weight is 408 g/mol. The first-order valence-corrected chi connectivity index (χ1v) is 9.97. The van der Waals surface area contributed by atoms with Gasteiger partial charge in [0.1, 0.15) is 5.82 Å². The van der Waals surface area contributed by atoms with Gasteiger partial charge in [-0.3, -0.25) is 4.79 Å². The van der Waals surface area contributed by atoms with Crippen LogP contribution in [-0.2, 0) is 4.74 Å². The Bertz CT molecular complexity index is 1030. The smallest absolute Gasteiger partial charge is 0.254 e. The van der Waals surface area contributed by atoms with Crippen LogP contribution in [0.5, 0.6) is 0 Å². The Balaban J connectivity index is 1.67. The molecule has 1 amide bonds. The second-order valence-corrected chi connectivity index (χ2v) is 7.66. The maximum absolute atomic E-state index is 15.0. The molecule has 0 bridgehead atoms. The highest BCUT2D eigenvalue weighted by Crippen LogP contribution is 2.30. The maximum atomic E-state index is 15.0. The van der Waals surface area contributed by atoms with Gasteiger partial charge in [-0.15, -0.1) is 0 Å². The van der Waals surface area contributed by atoms with Gasteiger partial charge in [-0.1, -0.05) is 30.3 Å². The van der Waals surface area contributed by atoms with Crippen molar-refractivity contribution in [3.8, 4) is 11.1 Å². The summed E-state index contributed by atoms with van der Waals surface area (Å²) in [6, 6.07) is 12.4. The summed E-state index contributed by atoms with van der Waals surface area (Å²) in [7, 11) is 1.81. The summed E-state index contributed by atoms with van der Waals surface area (Å²) in [5.74, 6) is -0.0160. The first-order valence-electron chi connectivity index (χ1n) is 9.97. The van der Waals surface area contributed by atoms with E-state index in [1.807, 2.05) is 43.1 Å². The van der Waals surface area contributed by atoms with Crippen LogP contribution in [0.1, 0.15) is 22.8 Å². The molecule has 0 aromatic heterocycles. The third-order valence-electron chi connectivity index (χ3n) is 5.56. The highest BCUT2D eigenvalue weighted by Gasteiger charge is 2.26. The number of rotatable bonds is 3. The van der Waals surface area contributed by atoms with Crippen LogP contribution in [0, 0.1) is 5.82 Å². The zero-order valence-electron chi connectivity index (χ0n) is 17.1. The molecule has 0 saturated carbocycles. The number of morpholine rings is 1. The summed E-state index contributed by atoms with van der Waals surface area (Å²) in [5.41, 5.74) is 8.93. The highest BCUT2D eigenvalue weighted by molar-refractivity contribution is 6.01. The van der Waals surface area contributed by atoms with E-state index in [1.54, 1.807) is 23.2 Å². The molecule has 0 aliphatic carbocycles. The van der Waals surface area contributed by atoms with Crippen LogP contribution in [0.4, 0.5) is 4.39 Å². The molecule has 2 aromatic rings. The first-order chi connectivity index (χ1) is 14.5. The second-order valence-electron chi connectivity index (χ2n) is 7.66. The molecular formula is C23H25FN4O2. The van der Waals surface area contributed by atoms with Gasteiger partial charge in [0.15, 0.2) is 5.96 Å². The van der Waals surface area contributed by atoms with Crippen molar-refractivity contribution in [2.24, 2.45) is 10.7 Å². The van der Waals surface area contributed by atoms with Gasteiger partial charge in [0, 0.05) is 43.0 Å². The van der Waals surface area contributed by atoms with Crippen LogP contribution >= 0.6 is 0 Å². The number of ether oxygens (including phenoxy) is 1. The van der Waals surface area contributed by atoms with E-state index in [4.69, 9.17) is 10.5 Å². The molecule has 4 rings (SSSR count). The lowest BCUT2D eigenvalue weighted by atomic mass is 9.95. The van der Waals surface area contributed by atoms with Crippen molar-refractivity contribution >= 4 is 17.4 Å². The van der Waals surface area contributed by atoms with E-state index >= 15 is 4.39 Å². The number of likely N-dealkylation sites (N-methyl/N-ethyl adjacent to an activating group) is 1. The van der Waals surface area contributed by atoms with Crippen molar-refractivity contribution < 1.29 is 13.9 Å². The van der Waals surface area contributed by atoms with Gasteiger partial charge in [0.2, 0.25) is 0 Å². The minimum absolute atomic E-state index is 0.00152. The van der Waals surface area contributed by atoms with Crippen molar-refractivity contribution in [3.63, 3.8) is 0 Å². The summed E-state index contributed by atoms with van der Waals surface area (Å²) in [6.07, 6.45) is 1.60. The van der Waals surface area contributed by atoms with Gasteiger partial charge in [-0.2, -0.15) is 0 Å². The summed E-state index contributed by atoms with van der Waals surface area (Å²) in [6.45, 7) is 4.05. The minimum atomic E-state index is -0.357. The number of hydrogen-bond acceptors (Lipinski definition) is 5. The number of hydrogen-bond donors (Lipinski definition) is 1. The fourth-order valence-electron chi connectivity index (χ4n) is 3.82. The second kappa shape index (κ2) is 8.28. The third kappa shape index (κ3) is 3.80. The molecule has 2 N–H and O–H groups in total. The fourth-order valence-corrected chi connectivity index (χ4v) is 3.82. The van der Waals surface area contributed by atoms with Crippen LogP contribution in [-0.4, -0.2) is 61.1 Å². The number of benzene rings is 2. The quantitative estimate of drug-likeness (QED) is 0.848. The van der Waals surface area contributed by atoms with Gasteiger partial charge in [0.25, 0.3) is 5.91 Å². The van der Waals surface area contributed by atoms with E-state index in [0.717, 1.165) is 5.57 Å². The Morgan fingerprint density at radius 3 is 2.77 bits per heavy atom. The molecule has 1 atom stereocenters. The molecular weight excluding hydrogens is 383 g/mol. The van der Waals surface area contributed by atoms with Gasteiger partial charge in [-0.05, 0) is 30.2 Å². The molecule has 1 fully saturated rings. The predicted octanol–water partition coefficient (Wildman–Crippen LogP) is 2.95. The molecule has 0 unspecified atom stereocenters. The largest absolute Gasteiger partial charge is 0.377 e. The number of nitrogens with zero attached hydrogens (tertiary/aromatic N) is 3. The molecule has 7 heteroatoms. The normalized spacial score (nSPS) is 19.4. The van der Waals surface area contributed by atoms with Crippen molar-refractivity contribution in [2.45, 2.75) is 13.0 Å². The SMILES string of the molecule is C[C@@H]1COCCN1C(=O)c1ccccc1-c1ccc(C2=CN=C(N)N(C)C2)c(F)c1. The molecule has 6 nitrogen and oxygen atoms in total. The fraction of sp³-hybridized carbons (Fsp3) is 0.304. The summed E-state index contributed by atoms with van der Waals surface area (Å²) in [5, 5.41) is 0.